The molecule has 0 amide bonds. The summed E-state index contributed by atoms with van der Waals surface area (Å²) in [4.78, 5) is 4.50. The topological polar surface area (TPSA) is 67.1 Å². The maximum atomic E-state index is 4.50. The number of aromatic nitrogens is 3. The summed E-state index contributed by atoms with van der Waals surface area (Å²) >= 11 is 0. The predicted octanol–water partition coefficient (Wildman–Crippen LogP) is 3.47. The van der Waals surface area contributed by atoms with E-state index in [1.165, 1.54) is 38.5 Å². The predicted molar refractivity (Wildman–Crippen MR) is 120 cm³/mol. The smallest absolute Gasteiger partial charge is 0.191 e. The molecule has 0 saturated heterocycles. The van der Waals surface area contributed by atoms with E-state index in [0.717, 1.165) is 48.8 Å². The van der Waals surface area contributed by atoms with Crippen LogP contribution in [0.5, 0.6) is 0 Å². The van der Waals surface area contributed by atoms with Crippen molar-refractivity contribution in [2.45, 2.75) is 89.8 Å². The molecule has 0 radical (unpaired) electrons. The Morgan fingerprint density at radius 2 is 1.89 bits per heavy atom. The molecule has 6 nitrogen and oxygen atoms in total. The summed E-state index contributed by atoms with van der Waals surface area (Å²) in [5, 5.41) is 16.1. The number of aryl methyl sites for hydroxylation is 1. The van der Waals surface area contributed by atoms with Crippen molar-refractivity contribution in [3.05, 3.63) is 11.6 Å². The Morgan fingerprint density at radius 3 is 2.59 bits per heavy atom. The highest BCUT2D eigenvalue weighted by Gasteiger charge is 2.43. The minimum atomic E-state index is 0. The molecule has 0 aromatic carbocycles. The van der Waals surface area contributed by atoms with Crippen molar-refractivity contribution in [2.75, 3.05) is 7.05 Å². The fourth-order valence-corrected chi connectivity index (χ4v) is 4.90. The molecule has 1 aliphatic heterocycles. The molecule has 2 saturated carbocycles. The summed E-state index contributed by atoms with van der Waals surface area (Å²) in [5.74, 6) is 5.44. The zero-order chi connectivity index (χ0) is 18.1. The number of hydrogen-bond acceptors (Lipinski definition) is 3. The number of guanidine groups is 1. The molecular formula is C20H35IN6. The fraction of sp³-hybridized carbons (Fsp3) is 0.850. The molecule has 2 aliphatic carbocycles. The number of rotatable bonds is 4. The van der Waals surface area contributed by atoms with Crippen LogP contribution < -0.4 is 10.6 Å². The van der Waals surface area contributed by atoms with Crippen molar-refractivity contribution >= 4 is 29.9 Å². The van der Waals surface area contributed by atoms with Gasteiger partial charge in [0.25, 0.3) is 0 Å². The summed E-state index contributed by atoms with van der Waals surface area (Å²) in [5.41, 5.74) is 0. The third kappa shape index (κ3) is 4.77. The van der Waals surface area contributed by atoms with Crippen LogP contribution >= 0.6 is 24.0 Å². The molecule has 2 fully saturated rings. The zero-order valence-electron chi connectivity index (χ0n) is 16.9. The molecular weight excluding hydrogens is 451 g/mol. The highest BCUT2D eigenvalue weighted by molar-refractivity contribution is 14.0. The lowest BCUT2D eigenvalue weighted by molar-refractivity contribution is 0.315. The van der Waals surface area contributed by atoms with E-state index in [9.17, 15) is 0 Å². The van der Waals surface area contributed by atoms with Gasteiger partial charge in [-0.25, -0.2) is 0 Å². The van der Waals surface area contributed by atoms with Gasteiger partial charge in [-0.1, -0.05) is 46.0 Å². The van der Waals surface area contributed by atoms with Crippen LogP contribution in [0.2, 0.25) is 0 Å². The Balaban J connectivity index is 0.00000210. The molecule has 0 bridgehead atoms. The Kier molecular flexibility index (Phi) is 7.03. The average molecular weight is 486 g/mol. The number of nitrogens with one attached hydrogen (secondary N) is 2. The van der Waals surface area contributed by atoms with E-state index < -0.39 is 0 Å². The molecule has 3 aliphatic rings. The van der Waals surface area contributed by atoms with E-state index in [1.807, 2.05) is 7.05 Å². The van der Waals surface area contributed by atoms with Gasteiger partial charge in [0.05, 0.1) is 0 Å². The number of hydrogen-bond donors (Lipinski definition) is 2. The normalized spacial score (nSPS) is 28.4. The minimum absolute atomic E-state index is 0. The second kappa shape index (κ2) is 9.09. The Hall–Kier alpha value is -0.860. The van der Waals surface area contributed by atoms with E-state index in [-0.39, 0.29) is 24.0 Å². The van der Waals surface area contributed by atoms with Crippen molar-refractivity contribution in [1.29, 1.82) is 0 Å². The lowest BCUT2D eigenvalue weighted by Crippen LogP contribution is -2.48. The summed E-state index contributed by atoms with van der Waals surface area (Å²) in [6, 6.07) is 1.03. The zero-order valence-corrected chi connectivity index (χ0v) is 19.3. The summed E-state index contributed by atoms with van der Waals surface area (Å²) in [6.07, 6.45) is 10.6. The molecule has 2 heterocycles. The van der Waals surface area contributed by atoms with Gasteiger partial charge < -0.3 is 15.2 Å². The van der Waals surface area contributed by atoms with Gasteiger partial charge in [0.2, 0.25) is 0 Å². The fourth-order valence-electron chi connectivity index (χ4n) is 4.90. The van der Waals surface area contributed by atoms with E-state index >= 15 is 0 Å². The molecule has 7 heteroatoms. The number of fused-ring (bicyclic) bond motifs is 1. The third-order valence-corrected chi connectivity index (χ3v) is 6.47. The number of aliphatic imine (C=N–C) groups is 1. The van der Waals surface area contributed by atoms with Crippen LogP contribution in [0.1, 0.15) is 76.4 Å². The summed E-state index contributed by atoms with van der Waals surface area (Å²) in [6.45, 7) is 5.31. The van der Waals surface area contributed by atoms with E-state index in [2.05, 4.69) is 44.2 Å². The van der Waals surface area contributed by atoms with Gasteiger partial charge in [0.15, 0.2) is 5.96 Å². The second-order valence-corrected chi connectivity index (χ2v) is 8.74. The van der Waals surface area contributed by atoms with Gasteiger partial charge in [-0.15, -0.1) is 34.2 Å². The first-order valence-corrected chi connectivity index (χ1v) is 10.6. The average Bonchev–Trinajstić information content (AvgIpc) is 3.29. The van der Waals surface area contributed by atoms with Crippen LogP contribution in [-0.2, 0) is 13.0 Å². The van der Waals surface area contributed by atoms with Gasteiger partial charge in [-0.3, -0.25) is 4.99 Å². The Bertz CT molecular complexity index is 649. The van der Waals surface area contributed by atoms with E-state index in [1.54, 1.807) is 0 Å². The molecule has 3 atom stereocenters. The van der Waals surface area contributed by atoms with Crippen LogP contribution in [0, 0.1) is 11.8 Å². The summed E-state index contributed by atoms with van der Waals surface area (Å²) < 4.78 is 2.31. The highest BCUT2D eigenvalue weighted by Crippen LogP contribution is 2.44. The number of halogens is 1. The maximum Gasteiger partial charge on any atom is 0.191 e. The van der Waals surface area contributed by atoms with Crippen LogP contribution in [0.4, 0.5) is 0 Å². The maximum absolute atomic E-state index is 4.50. The quantitative estimate of drug-likeness (QED) is 0.389. The van der Waals surface area contributed by atoms with Crippen LogP contribution in [0.15, 0.2) is 4.99 Å². The minimum Gasteiger partial charge on any atom is -0.353 e. The van der Waals surface area contributed by atoms with Gasteiger partial charge in [0.1, 0.15) is 11.6 Å². The van der Waals surface area contributed by atoms with Crippen molar-refractivity contribution in [3.8, 4) is 0 Å². The van der Waals surface area contributed by atoms with Gasteiger partial charge in [-0.05, 0) is 24.7 Å². The molecule has 1 aromatic heterocycles. The first-order chi connectivity index (χ1) is 12.7. The molecule has 4 rings (SSSR count). The molecule has 1 aromatic rings. The monoisotopic (exact) mass is 486 g/mol. The molecule has 3 unspecified atom stereocenters. The third-order valence-electron chi connectivity index (χ3n) is 6.47. The standard InChI is InChI=1S/C20H34N6.HI/c1-13(2)19-25-24-18-10-9-15(12-26(18)19)22-20(21-3)23-17-11-16(17)14-7-5-4-6-8-14;/h13-17H,4-12H2,1-3H3,(H2,21,22,23);1H. The first kappa shape index (κ1) is 20.9. The Morgan fingerprint density at radius 1 is 1.11 bits per heavy atom. The van der Waals surface area contributed by atoms with Gasteiger partial charge in [-0.2, -0.15) is 0 Å². The van der Waals surface area contributed by atoms with Crippen molar-refractivity contribution in [3.63, 3.8) is 0 Å². The van der Waals surface area contributed by atoms with Gasteiger partial charge in [0, 0.05) is 38.0 Å². The lowest BCUT2D eigenvalue weighted by atomic mass is 9.85. The van der Waals surface area contributed by atoms with E-state index in [0.29, 0.717) is 18.0 Å². The SMILES string of the molecule is CN=C(NC1CCc2nnc(C(C)C)n2C1)NC1CC1C1CCCCC1.I. The van der Waals surface area contributed by atoms with Crippen LogP contribution in [-0.4, -0.2) is 39.9 Å². The highest BCUT2D eigenvalue weighted by atomic mass is 127. The lowest BCUT2D eigenvalue weighted by Gasteiger charge is -2.27. The first-order valence-electron chi connectivity index (χ1n) is 10.6. The van der Waals surface area contributed by atoms with Crippen LogP contribution in [0.3, 0.4) is 0 Å². The van der Waals surface area contributed by atoms with Crippen molar-refractivity contribution in [1.82, 2.24) is 25.4 Å². The van der Waals surface area contributed by atoms with Crippen LogP contribution in [0.25, 0.3) is 0 Å². The number of nitrogens with zero attached hydrogens (tertiary/aromatic N) is 4. The molecule has 0 spiro atoms. The molecule has 2 N–H and O–H groups in total. The largest absolute Gasteiger partial charge is 0.353 e. The van der Waals surface area contributed by atoms with Crippen molar-refractivity contribution in [2.24, 2.45) is 16.8 Å². The Labute approximate surface area is 180 Å². The van der Waals surface area contributed by atoms with E-state index in [4.69, 9.17) is 0 Å². The second-order valence-electron chi connectivity index (χ2n) is 8.74. The molecule has 152 valence electrons. The summed E-state index contributed by atoms with van der Waals surface area (Å²) in [7, 11) is 1.89. The van der Waals surface area contributed by atoms with Crippen molar-refractivity contribution < 1.29 is 0 Å². The molecule has 27 heavy (non-hydrogen) atoms. The van der Waals surface area contributed by atoms with Gasteiger partial charge >= 0.3 is 0 Å².